The van der Waals surface area contributed by atoms with Gasteiger partial charge in [-0.05, 0) is 88.5 Å². The van der Waals surface area contributed by atoms with Crippen molar-refractivity contribution in [1.29, 1.82) is 0 Å². The number of fused-ring (bicyclic) bond motifs is 8. The lowest BCUT2D eigenvalue weighted by atomic mass is 10.0. The second-order valence-electron chi connectivity index (χ2n) is 15.1. The van der Waals surface area contributed by atoms with E-state index >= 15 is 0 Å². The molecule has 0 unspecified atom stereocenters. The van der Waals surface area contributed by atoms with E-state index in [1.165, 1.54) is 4.90 Å². The van der Waals surface area contributed by atoms with Gasteiger partial charge in [-0.25, -0.2) is 18.2 Å². The molecular formula is C39H48N6O9S. The summed E-state index contributed by atoms with van der Waals surface area (Å²) in [5, 5.41) is 7.87. The highest BCUT2D eigenvalue weighted by Gasteiger charge is 2.62. The lowest BCUT2D eigenvalue weighted by molar-refractivity contribution is -0.141. The molecular weight excluding hydrogens is 729 g/mol. The van der Waals surface area contributed by atoms with E-state index in [1.54, 1.807) is 18.2 Å². The first-order valence-corrected chi connectivity index (χ1v) is 20.9. The SMILES string of the molecule is O=C1N[C@H]2CCCCC/C=C\[C@@H]3C[C@@]3(C(=O)NS(=O)(=O)C3CC3)NC(=O)[C@@H]3C[C@H](CN3C2=O)NC(=O)c2cccc(n2)-c2cccc(c2)OCCCCCO1. The van der Waals surface area contributed by atoms with E-state index in [9.17, 15) is 32.4 Å². The largest absolute Gasteiger partial charge is 0.494 e. The Morgan fingerprint density at radius 3 is 2.47 bits per heavy atom. The fourth-order valence-corrected chi connectivity index (χ4v) is 8.92. The number of allylic oxidation sites excluding steroid dienone is 1. The Morgan fingerprint density at radius 2 is 1.65 bits per heavy atom. The van der Waals surface area contributed by atoms with Crippen molar-refractivity contribution < 1.29 is 41.9 Å². The van der Waals surface area contributed by atoms with Crippen LogP contribution in [-0.4, -0.2) is 96.7 Å². The standard InChI is InChI=1S/C39H48N6O9S/c46-34-31-16-10-15-30(41-31)25-11-9-13-28(21-25)53-19-7-4-8-20-54-38(50)42-32-14-6-3-1-2-5-12-26-23-39(26,37(49)44-55(51,52)29-17-18-29)43-35(47)33-22-27(40-34)24-45(33)36(32)48/h5,9-13,15-16,21,26-27,29,32-33H,1-4,6-8,14,17-20,22-24H2,(H,40,46)(H,42,50)(H,43,47)(H,44,49)/b12-5-/t26-,27-,32+,33+,39-/m1/s1. The van der Waals surface area contributed by atoms with E-state index in [0.717, 1.165) is 31.2 Å². The third-order valence-electron chi connectivity index (χ3n) is 10.9. The van der Waals surface area contributed by atoms with Gasteiger partial charge in [-0.3, -0.25) is 23.9 Å². The molecule has 3 aliphatic heterocycles. The summed E-state index contributed by atoms with van der Waals surface area (Å²) in [4.78, 5) is 75.1. The number of benzene rings is 1. The van der Waals surface area contributed by atoms with Gasteiger partial charge in [0.2, 0.25) is 21.8 Å². The Kier molecular flexibility index (Phi) is 11.4. The molecule has 4 N–H and O–H groups in total. The Labute approximate surface area is 320 Å². The number of carbonyl (C=O) groups is 5. The minimum Gasteiger partial charge on any atom is -0.494 e. The Morgan fingerprint density at radius 1 is 0.891 bits per heavy atom. The average Bonchev–Trinajstić information content (AvgIpc) is 4.10. The van der Waals surface area contributed by atoms with E-state index in [1.807, 2.05) is 36.4 Å². The number of amides is 5. The molecule has 0 spiro atoms. The van der Waals surface area contributed by atoms with Gasteiger partial charge < -0.3 is 30.3 Å². The molecule has 16 heteroatoms. The van der Waals surface area contributed by atoms with Crippen molar-refractivity contribution >= 4 is 39.7 Å². The van der Waals surface area contributed by atoms with Crippen molar-refractivity contribution in [1.82, 2.24) is 30.6 Å². The zero-order valence-corrected chi connectivity index (χ0v) is 31.5. The smallest absolute Gasteiger partial charge is 0.407 e. The van der Waals surface area contributed by atoms with E-state index in [4.69, 9.17) is 9.47 Å². The molecule has 1 saturated heterocycles. The maximum absolute atomic E-state index is 14.4. The molecule has 7 rings (SSSR count). The van der Waals surface area contributed by atoms with Gasteiger partial charge in [0, 0.05) is 24.1 Å². The molecule has 5 amide bonds. The van der Waals surface area contributed by atoms with Crippen LogP contribution in [0.1, 0.15) is 87.5 Å². The van der Waals surface area contributed by atoms with Gasteiger partial charge >= 0.3 is 6.09 Å². The number of nitrogens with one attached hydrogen (secondary N) is 4. The first kappa shape index (κ1) is 38.3. The summed E-state index contributed by atoms with van der Waals surface area (Å²) in [6, 6.07) is 9.63. The number of ether oxygens (including phenoxy) is 2. The number of nitrogens with zero attached hydrogens (tertiary/aromatic N) is 2. The van der Waals surface area contributed by atoms with Crippen LogP contribution in [0, 0.1) is 5.92 Å². The minimum atomic E-state index is -3.91. The third kappa shape index (κ3) is 9.11. The predicted octanol–water partition coefficient (Wildman–Crippen LogP) is 3.11. The highest BCUT2D eigenvalue weighted by molar-refractivity contribution is 7.91. The maximum Gasteiger partial charge on any atom is 0.407 e. The van der Waals surface area contributed by atoms with Crippen molar-refractivity contribution in [2.75, 3.05) is 19.8 Å². The highest BCUT2D eigenvalue weighted by Crippen LogP contribution is 2.46. The van der Waals surface area contributed by atoms with Crippen molar-refractivity contribution in [2.45, 2.75) is 106 Å². The molecule has 15 nitrogen and oxygen atoms in total. The van der Waals surface area contributed by atoms with E-state index in [-0.39, 0.29) is 31.7 Å². The first-order chi connectivity index (χ1) is 26.5. The van der Waals surface area contributed by atoms with Gasteiger partial charge in [0.1, 0.15) is 29.1 Å². The second-order valence-corrected chi connectivity index (χ2v) is 17.1. The third-order valence-corrected chi connectivity index (χ3v) is 12.7. The van der Waals surface area contributed by atoms with Crippen LogP contribution in [0.25, 0.3) is 11.3 Å². The van der Waals surface area contributed by atoms with Crippen LogP contribution in [0.3, 0.4) is 0 Å². The summed E-state index contributed by atoms with van der Waals surface area (Å²) in [6.07, 6.45) is 9.29. The molecule has 1 aromatic carbocycles. The Bertz CT molecular complexity index is 1950. The molecule has 2 aliphatic carbocycles. The summed E-state index contributed by atoms with van der Waals surface area (Å²) in [6.45, 7) is 0.532. The zero-order valence-electron chi connectivity index (χ0n) is 30.7. The van der Waals surface area contributed by atoms with Gasteiger partial charge in [-0.15, -0.1) is 0 Å². The number of alkyl carbamates (subject to hydrolysis) is 1. The van der Waals surface area contributed by atoms with E-state index in [2.05, 4.69) is 25.7 Å². The number of hydrogen-bond donors (Lipinski definition) is 4. The fraction of sp³-hybridized carbons (Fsp3) is 0.538. The normalized spacial score (nSPS) is 28.8. The summed E-state index contributed by atoms with van der Waals surface area (Å²) in [5.74, 6) is -2.30. The van der Waals surface area contributed by atoms with Gasteiger partial charge in [0.05, 0.1) is 24.2 Å². The number of cyclic esters (lactones) is 1. The van der Waals surface area contributed by atoms with Crippen LogP contribution in [-0.2, 0) is 29.1 Å². The number of rotatable bonds is 3. The quantitative estimate of drug-likeness (QED) is 0.336. The fourth-order valence-electron chi connectivity index (χ4n) is 7.55. The van der Waals surface area contributed by atoms with Gasteiger partial charge in [-0.2, -0.15) is 0 Å². The van der Waals surface area contributed by atoms with Crippen molar-refractivity contribution in [2.24, 2.45) is 5.92 Å². The summed E-state index contributed by atoms with van der Waals surface area (Å²) >= 11 is 0. The molecule has 2 aromatic rings. The maximum atomic E-state index is 14.4. The topological polar surface area (TPSA) is 202 Å². The van der Waals surface area contributed by atoms with Gasteiger partial charge in [0.15, 0.2) is 0 Å². The number of pyridine rings is 1. The molecule has 55 heavy (non-hydrogen) atoms. The average molecular weight is 777 g/mol. The zero-order chi connectivity index (χ0) is 38.6. The number of carbonyl (C=O) groups excluding carboxylic acids is 5. The lowest BCUT2D eigenvalue weighted by Crippen LogP contribution is -2.58. The van der Waals surface area contributed by atoms with Crippen molar-refractivity contribution in [3.8, 4) is 17.0 Å². The monoisotopic (exact) mass is 776 g/mol. The Hall–Kier alpha value is -4.99. The second kappa shape index (κ2) is 16.4. The molecule has 4 heterocycles. The highest BCUT2D eigenvalue weighted by atomic mass is 32.2. The minimum absolute atomic E-state index is 0.00185. The van der Waals surface area contributed by atoms with Crippen LogP contribution in [0.15, 0.2) is 54.6 Å². The van der Waals surface area contributed by atoms with E-state index < -0.39 is 74.6 Å². The Balaban J connectivity index is 1.18. The summed E-state index contributed by atoms with van der Waals surface area (Å²) in [7, 11) is -3.91. The molecule has 7 bridgehead atoms. The number of aromatic nitrogens is 1. The van der Waals surface area contributed by atoms with Crippen LogP contribution in [0.4, 0.5) is 4.79 Å². The van der Waals surface area contributed by atoms with Crippen LogP contribution in [0.2, 0.25) is 0 Å². The van der Waals surface area contributed by atoms with Gasteiger partial charge in [-0.1, -0.05) is 43.2 Å². The first-order valence-electron chi connectivity index (χ1n) is 19.3. The van der Waals surface area contributed by atoms with Gasteiger partial charge in [0.25, 0.3) is 11.8 Å². The molecule has 5 aliphatic rings. The molecule has 1 aromatic heterocycles. The van der Waals surface area contributed by atoms with E-state index in [0.29, 0.717) is 56.6 Å². The van der Waals surface area contributed by atoms with Crippen LogP contribution in [0.5, 0.6) is 5.75 Å². The number of sulfonamides is 1. The molecule has 294 valence electrons. The van der Waals surface area contributed by atoms with Crippen LogP contribution >= 0.6 is 0 Å². The lowest BCUT2D eigenvalue weighted by Gasteiger charge is -2.30. The van der Waals surface area contributed by atoms with Crippen molar-refractivity contribution in [3.05, 3.63) is 60.3 Å². The molecule has 3 fully saturated rings. The number of hydrogen-bond acceptors (Lipinski definition) is 10. The molecule has 2 saturated carbocycles. The van der Waals surface area contributed by atoms with Crippen molar-refractivity contribution in [3.63, 3.8) is 0 Å². The summed E-state index contributed by atoms with van der Waals surface area (Å²) < 4.78 is 39.2. The van der Waals surface area contributed by atoms with Crippen LogP contribution < -0.4 is 25.4 Å². The summed E-state index contributed by atoms with van der Waals surface area (Å²) in [5.41, 5.74) is -0.0788. The molecule has 5 atom stereocenters. The molecule has 0 radical (unpaired) electrons. The predicted molar refractivity (Wildman–Crippen MR) is 200 cm³/mol.